The zero-order chi connectivity index (χ0) is 11.7. The molecule has 92 valence electrons. The van der Waals surface area contributed by atoms with Crippen LogP contribution in [-0.4, -0.2) is 17.8 Å². The number of aliphatic hydroxyl groups excluding tert-OH is 1. The van der Waals surface area contributed by atoms with Crippen LogP contribution >= 0.6 is 11.3 Å². The number of thiophene rings is 1. The summed E-state index contributed by atoms with van der Waals surface area (Å²) in [6.07, 6.45) is 8.13. The summed E-state index contributed by atoms with van der Waals surface area (Å²) in [7, 11) is 0. The third-order valence-electron chi connectivity index (χ3n) is 3.74. The number of hydrogen-bond acceptors (Lipinski definition) is 3. The van der Waals surface area contributed by atoms with Gasteiger partial charge in [-0.2, -0.15) is 0 Å². The summed E-state index contributed by atoms with van der Waals surface area (Å²) in [6, 6.07) is 5.35. The maximum absolute atomic E-state index is 9.15. The van der Waals surface area contributed by atoms with Gasteiger partial charge in [0.05, 0.1) is 0 Å². The fourth-order valence-electron chi connectivity index (χ4n) is 2.61. The summed E-state index contributed by atoms with van der Waals surface area (Å²) in [6.45, 7) is 0.280. The number of hydrogen-bond donors (Lipinski definition) is 2. The third kappa shape index (κ3) is 2.62. The van der Waals surface area contributed by atoms with Crippen LogP contribution in [-0.2, 0) is 0 Å². The molecule has 0 unspecified atom stereocenters. The van der Waals surface area contributed by atoms with E-state index in [2.05, 4.69) is 35.0 Å². The van der Waals surface area contributed by atoms with E-state index in [1.54, 1.807) is 0 Å². The van der Waals surface area contributed by atoms with E-state index in [0.717, 1.165) is 12.3 Å². The van der Waals surface area contributed by atoms with Crippen molar-refractivity contribution in [2.75, 3.05) is 6.61 Å². The Morgan fingerprint density at radius 2 is 2.29 bits per heavy atom. The zero-order valence-corrected chi connectivity index (χ0v) is 10.7. The van der Waals surface area contributed by atoms with Crippen molar-refractivity contribution in [3.63, 3.8) is 0 Å². The molecule has 1 saturated carbocycles. The van der Waals surface area contributed by atoms with Gasteiger partial charge in [-0.25, -0.2) is 0 Å². The number of aliphatic hydroxyl groups is 1. The summed E-state index contributed by atoms with van der Waals surface area (Å²) >= 11 is 1.85. The Balaban J connectivity index is 1.64. The van der Waals surface area contributed by atoms with Gasteiger partial charge in [0.15, 0.2) is 0 Å². The first-order valence-electron chi connectivity index (χ1n) is 6.45. The molecule has 2 nitrogen and oxygen atoms in total. The molecule has 3 rings (SSSR count). The van der Waals surface area contributed by atoms with E-state index in [0.29, 0.717) is 18.0 Å². The second-order valence-electron chi connectivity index (χ2n) is 5.17. The molecule has 2 N–H and O–H groups in total. The highest BCUT2D eigenvalue weighted by atomic mass is 32.1. The lowest BCUT2D eigenvalue weighted by molar-refractivity contribution is 0.244. The van der Waals surface area contributed by atoms with Crippen molar-refractivity contribution < 1.29 is 5.11 Å². The number of nitrogens with one attached hydrogen (secondary N) is 1. The van der Waals surface area contributed by atoms with Crippen LogP contribution in [0.5, 0.6) is 0 Å². The molecule has 2 aliphatic rings. The maximum atomic E-state index is 9.15. The monoisotopic (exact) mass is 249 g/mol. The van der Waals surface area contributed by atoms with E-state index < -0.39 is 0 Å². The lowest BCUT2D eigenvalue weighted by Crippen LogP contribution is -2.31. The van der Waals surface area contributed by atoms with Gasteiger partial charge in [0, 0.05) is 29.5 Å². The van der Waals surface area contributed by atoms with Gasteiger partial charge in [-0.15, -0.1) is 11.3 Å². The first-order valence-corrected chi connectivity index (χ1v) is 7.33. The molecule has 3 atom stereocenters. The minimum Gasteiger partial charge on any atom is -0.396 e. The van der Waals surface area contributed by atoms with Gasteiger partial charge in [0.2, 0.25) is 0 Å². The van der Waals surface area contributed by atoms with Crippen molar-refractivity contribution in [2.45, 2.75) is 31.3 Å². The van der Waals surface area contributed by atoms with Crippen molar-refractivity contribution in [3.05, 3.63) is 34.5 Å². The normalized spacial score (nSPS) is 29.7. The maximum Gasteiger partial charge on any atom is 0.0494 e. The highest BCUT2D eigenvalue weighted by molar-refractivity contribution is 7.10. The van der Waals surface area contributed by atoms with Crippen LogP contribution in [0.4, 0.5) is 0 Å². The highest BCUT2D eigenvalue weighted by Crippen LogP contribution is 2.43. The van der Waals surface area contributed by atoms with E-state index in [4.69, 9.17) is 5.11 Å². The second-order valence-corrected chi connectivity index (χ2v) is 6.15. The van der Waals surface area contributed by atoms with Gasteiger partial charge in [-0.3, -0.25) is 0 Å². The van der Waals surface area contributed by atoms with Gasteiger partial charge < -0.3 is 10.4 Å². The van der Waals surface area contributed by atoms with E-state index in [-0.39, 0.29) is 6.61 Å². The molecule has 0 amide bonds. The van der Waals surface area contributed by atoms with Crippen LogP contribution in [0.3, 0.4) is 0 Å². The van der Waals surface area contributed by atoms with Crippen molar-refractivity contribution in [2.24, 2.45) is 11.8 Å². The highest BCUT2D eigenvalue weighted by Gasteiger charge is 2.34. The van der Waals surface area contributed by atoms with Gasteiger partial charge in [-0.1, -0.05) is 18.2 Å². The summed E-state index contributed by atoms with van der Waals surface area (Å²) in [4.78, 5) is 1.47. The van der Waals surface area contributed by atoms with E-state index in [1.807, 2.05) is 11.3 Å². The molecule has 0 spiro atoms. The van der Waals surface area contributed by atoms with Crippen LogP contribution in [0, 0.1) is 11.8 Å². The average Bonchev–Trinajstić information content (AvgIpc) is 2.88. The second kappa shape index (κ2) is 4.92. The Hall–Kier alpha value is -0.640. The lowest BCUT2D eigenvalue weighted by Gasteiger charge is -2.21. The fraction of sp³-hybridized carbons (Fsp3) is 0.571. The fourth-order valence-corrected chi connectivity index (χ4v) is 3.49. The first-order chi connectivity index (χ1) is 8.36. The van der Waals surface area contributed by atoms with Gasteiger partial charge in [-0.05, 0) is 36.6 Å². The smallest absolute Gasteiger partial charge is 0.0494 e. The van der Waals surface area contributed by atoms with E-state index >= 15 is 0 Å². The minimum absolute atomic E-state index is 0.280. The average molecular weight is 249 g/mol. The Morgan fingerprint density at radius 1 is 1.41 bits per heavy atom. The van der Waals surface area contributed by atoms with Crippen molar-refractivity contribution in [1.29, 1.82) is 0 Å². The molecule has 17 heavy (non-hydrogen) atoms. The molecule has 3 heteroatoms. The Morgan fingerprint density at radius 3 is 2.88 bits per heavy atom. The molecular weight excluding hydrogens is 230 g/mol. The predicted octanol–water partition coefficient (Wildman–Crippen LogP) is 2.73. The molecule has 1 fully saturated rings. The molecule has 0 aliphatic heterocycles. The zero-order valence-electron chi connectivity index (χ0n) is 9.88. The molecule has 0 radical (unpaired) electrons. The lowest BCUT2D eigenvalue weighted by atomic mass is 10.1. The van der Waals surface area contributed by atoms with Crippen LogP contribution in [0.1, 0.15) is 30.2 Å². The summed E-state index contributed by atoms with van der Waals surface area (Å²) in [5, 5.41) is 15.1. The first kappa shape index (κ1) is 11.5. The van der Waals surface area contributed by atoms with Crippen LogP contribution < -0.4 is 5.32 Å². The standard InChI is InChI=1S/C14H19NOS/c16-9-10-3-6-12(8-10)15-14(11-4-5-11)13-2-1-7-17-13/h1-3,6-7,10-12,14-16H,4-5,8-9H2/t10-,12+,14-/m0/s1. The van der Waals surface area contributed by atoms with Crippen LogP contribution in [0.15, 0.2) is 29.7 Å². The van der Waals surface area contributed by atoms with Crippen molar-refractivity contribution in [3.8, 4) is 0 Å². The predicted molar refractivity (Wildman–Crippen MR) is 71.0 cm³/mol. The van der Waals surface area contributed by atoms with Gasteiger partial charge in [0.25, 0.3) is 0 Å². The molecule has 0 aromatic carbocycles. The Bertz CT molecular complexity index is 383. The Kier molecular flexibility index (Phi) is 3.32. The molecule has 1 aromatic rings. The molecular formula is C14H19NOS. The van der Waals surface area contributed by atoms with Crippen LogP contribution in [0.25, 0.3) is 0 Å². The van der Waals surface area contributed by atoms with Gasteiger partial charge >= 0.3 is 0 Å². The van der Waals surface area contributed by atoms with Crippen molar-refractivity contribution >= 4 is 11.3 Å². The van der Waals surface area contributed by atoms with Crippen molar-refractivity contribution in [1.82, 2.24) is 5.32 Å². The molecule has 0 saturated heterocycles. The summed E-state index contributed by atoms with van der Waals surface area (Å²) < 4.78 is 0. The van der Waals surface area contributed by atoms with Crippen LogP contribution in [0.2, 0.25) is 0 Å². The summed E-state index contributed by atoms with van der Waals surface area (Å²) in [5.41, 5.74) is 0. The summed E-state index contributed by atoms with van der Waals surface area (Å²) in [5.74, 6) is 1.19. The third-order valence-corrected chi connectivity index (χ3v) is 4.70. The molecule has 0 bridgehead atoms. The number of rotatable bonds is 5. The molecule has 2 aliphatic carbocycles. The van der Waals surface area contributed by atoms with Gasteiger partial charge in [0.1, 0.15) is 0 Å². The minimum atomic E-state index is 0.280. The topological polar surface area (TPSA) is 32.3 Å². The SMILES string of the molecule is OC[C@H]1C=C[C@@H](N[C@H](c2cccs2)C2CC2)C1. The van der Waals surface area contributed by atoms with E-state index in [1.165, 1.54) is 17.7 Å². The molecule has 1 aromatic heterocycles. The van der Waals surface area contributed by atoms with E-state index in [9.17, 15) is 0 Å². The quantitative estimate of drug-likeness (QED) is 0.786. The largest absolute Gasteiger partial charge is 0.396 e. The Labute approximate surface area is 106 Å². The molecule has 1 heterocycles.